The summed E-state index contributed by atoms with van der Waals surface area (Å²) in [7, 11) is -3.79. The Kier molecular flexibility index (Phi) is 6.46. The van der Waals surface area contributed by atoms with E-state index in [1.54, 1.807) is 24.3 Å². The van der Waals surface area contributed by atoms with Gasteiger partial charge in [-0.15, -0.1) is 12.3 Å². The number of nitrogens with one attached hydrogen (secondary N) is 2. The molecule has 30 heavy (non-hydrogen) atoms. The summed E-state index contributed by atoms with van der Waals surface area (Å²) in [5.74, 6) is 2.58. The Morgan fingerprint density at radius 1 is 1.07 bits per heavy atom. The van der Waals surface area contributed by atoms with Crippen LogP contribution < -0.4 is 20.5 Å². The van der Waals surface area contributed by atoms with Crippen molar-refractivity contribution in [1.82, 2.24) is 9.97 Å². The van der Waals surface area contributed by atoms with E-state index in [2.05, 4.69) is 26.5 Å². The second-order valence-electron chi connectivity index (χ2n) is 6.04. The summed E-state index contributed by atoms with van der Waals surface area (Å²) in [5, 5.41) is 10.8. The Bertz CT molecular complexity index is 1160. The van der Waals surface area contributed by atoms with Gasteiger partial charge in [0.2, 0.25) is 16.0 Å². The quantitative estimate of drug-likeness (QED) is 0.373. The van der Waals surface area contributed by atoms with Gasteiger partial charge < -0.3 is 15.4 Å². The Balaban J connectivity index is 1.70. The molecule has 0 amide bonds. The van der Waals surface area contributed by atoms with E-state index in [0.717, 1.165) is 6.20 Å². The number of nitrogens with zero attached hydrogens (tertiary/aromatic N) is 2. The highest BCUT2D eigenvalue weighted by molar-refractivity contribution is 7.89. The third-order valence-electron chi connectivity index (χ3n) is 3.82. The van der Waals surface area contributed by atoms with E-state index in [1.165, 1.54) is 24.3 Å². The van der Waals surface area contributed by atoms with Gasteiger partial charge in [0.1, 0.15) is 5.75 Å². The number of benzene rings is 2. The highest BCUT2D eigenvalue weighted by atomic mass is 32.2. The van der Waals surface area contributed by atoms with Crippen molar-refractivity contribution >= 4 is 33.2 Å². The summed E-state index contributed by atoms with van der Waals surface area (Å²) in [5.41, 5.74) is 1.11. The molecule has 0 aliphatic heterocycles. The van der Waals surface area contributed by atoms with E-state index in [1.807, 2.05) is 0 Å². The molecule has 0 atom stereocenters. The number of hydrogen-bond donors (Lipinski definition) is 3. The Labute approximate surface area is 173 Å². The van der Waals surface area contributed by atoms with Crippen LogP contribution >= 0.6 is 0 Å². The molecule has 0 aliphatic rings. The van der Waals surface area contributed by atoms with Gasteiger partial charge in [0, 0.05) is 17.8 Å². The summed E-state index contributed by atoms with van der Waals surface area (Å²) in [6, 6.07) is 12.6. The molecule has 0 fully saturated rings. The van der Waals surface area contributed by atoms with Crippen molar-refractivity contribution in [3.63, 3.8) is 0 Å². The van der Waals surface area contributed by atoms with Crippen LogP contribution in [-0.2, 0) is 10.0 Å². The van der Waals surface area contributed by atoms with E-state index >= 15 is 0 Å². The van der Waals surface area contributed by atoms with Crippen LogP contribution in [0.3, 0.4) is 0 Å². The first-order valence-corrected chi connectivity index (χ1v) is 10.3. The molecule has 154 valence electrons. The molecular formula is C20H18FN5O3S. The summed E-state index contributed by atoms with van der Waals surface area (Å²) >= 11 is 0. The van der Waals surface area contributed by atoms with Crippen molar-refractivity contribution in [3.8, 4) is 18.1 Å². The zero-order valence-electron chi connectivity index (χ0n) is 15.7. The van der Waals surface area contributed by atoms with Gasteiger partial charge in [-0.05, 0) is 48.5 Å². The number of halogens is 1. The van der Waals surface area contributed by atoms with Gasteiger partial charge in [-0.2, -0.15) is 4.98 Å². The largest absolute Gasteiger partial charge is 0.493 e. The lowest BCUT2D eigenvalue weighted by Crippen LogP contribution is -2.11. The number of sulfonamides is 1. The second kappa shape index (κ2) is 9.21. The molecule has 10 heteroatoms. The number of nitrogens with two attached hydrogens (primary N) is 1. The second-order valence-corrected chi connectivity index (χ2v) is 7.60. The van der Waals surface area contributed by atoms with Crippen molar-refractivity contribution in [2.75, 3.05) is 17.2 Å². The van der Waals surface area contributed by atoms with Gasteiger partial charge in [-0.1, -0.05) is 0 Å². The van der Waals surface area contributed by atoms with Crippen molar-refractivity contribution in [2.45, 2.75) is 11.3 Å². The highest BCUT2D eigenvalue weighted by Gasteiger charge is 2.10. The molecule has 0 aliphatic carbocycles. The lowest BCUT2D eigenvalue weighted by atomic mass is 10.3. The van der Waals surface area contributed by atoms with Gasteiger partial charge in [-0.25, -0.2) is 22.9 Å². The van der Waals surface area contributed by atoms with Crippen molar-refractivity contribution < 1.29 is 17.5 Å². The molecular weight excluding hydrogens is 409 g/mol. The Hall–Kier alpha value is -3.68. The minimum absolute atomic E-state index is 0.0258. The van der Waals surface area contributed by atoms with Crippen molar-refractivity contribution in [3.05, 3.63) is 60.5 Å². The fourth-order valence-corrected chi connectivity index (χ4v) is 2.89. The maximum absolute atomic E-state index is 14.1. The Morgan fingerprint density at radius 2 is 1.70 bits per heavy atom. The topological polar surface area (TPSA) is 119 Å². The van der Waals surface area contributed by atoms with Crippen LogP contribution in [0.15, 0.2) is 59.6 Å². The molecule has 0 bridgehead atoms. The van der Waals surface area contributed by atoms with E-state index in [4.69, 9.17) is 16.3 Å². The average Bonchev–Trinajstić information content (AvgIpc) is 2.72. The molecule has 4 N–H and O–H groups in total. The van der Waals surface area contributed by atoms with E-state index in [0.29, 0.717) is 30.2 Å². The smallest absolute Gasteiger partial charge is 0.238 e. The number of hydrogen-bond acceptors (Lipinski definition) is 7. The first kappa shape index (κ1) is 21.0. The zero-order valence-corrected chi connectivity index (χ0v) is 16.5. The van der Waals surface area contributed by atoms with Crippen LogP contribution in [0.5, 0.6) is 5.75 Å². The first-order chi connectivity index (χ1) is 14.3. The van der Waals surface area contributed by atoms with Crippen molar-refractivity contribution in [1.29, 1.82) is 0 Å². The maximum Gasteiger partial charge on any atom is 0.238 e. The SMILES string of the molecule is C#CCCOc1ccc(Nc2nc(Nc3ccc(S(N)(=O)=O)cc3)ncc2F)cc1. The third kappa shape index (κ3) is 5.66. The summed E-state index contributed by atoms with van der Waals surface area (Å²) in [4.78, 5) is 7.97. The van der Waals surface area contributed by atoms with Crippen LogP contribution in [0.1, 0.15) is 6.42 Å². The molecule has 2 aromatic carbocycles. The fraction of sp³-hybridized carbons (Fsp3) is 0.100. The van der Waals surface area contributed by atoms with Gasteiger partial charge in [0.15, 0.2) is 11.6 Å². The number of ether oxygens (including phenoxy) is 1. The third-order valence-corrected chi connectivity index (χ3v) is 4.74. The van der Waals surface area contributed by atoms with Crippen LogP contribution in [0.2, 0.25) is 0 Å². The molecule has 8 nitrogen and oxygen atoms in total. The molecule has 0 unspecified atom stereocenters. The number of rotatable bonds is 8. The Morgan fingerprint density at radius 3 is 2.33 bits per heavy atom. The zero-order chi connectivity index (χ0) is 21.6. The van der Waals surface area contributed by atoms with Gasteiger partial charge in [0.25, 0.3) is 0 Å². The molecule has 3 aromatic rings. The van der Waals surface area contributed by atoms with Crippen LogP contribution in [0.4, 0.5) is 27.5 Å². The average molecular weight is 427 g/mol. The lowest BCUT2D eigenvalue weighted by Gasteiger charge is -2.10. The molecule has 0 saturated carbocycles. The van der Waals surface area contributed by atoms with Crippen molar-refractivity contribution in [2.24, 2.45) is 5.14 Å². The predicted molar refractivity (Wildman–Crippen MR) is 112 cm³/mol. The summed E-state index contributed by atoms with van der Waals surface area (Å²) in [6.07, 6.45) is 6.71. The number of terminal acetylenes is 1. The standard InChI is InChI=1S/C20H18FN5O3S/c1-2-3-12-29-16-8-4-14(5-9-16)24-19-18(21)13-23-20(26-19)25-15-6-10-17(11-7-15)30(22,27)28/h1,4-11,13H,3,12H2,(H2,22,27,28)(H2,23,24,25,26). The van der Waals surface area contributed by atoms with Crippen LogP contribution in [0, 0.1) is 18.2 Å². The first-order valence-electron chi connectivity index (χ1n) is 8.71. The minimum Gasteiger partial charge on any atom is -0.493 e. The number of aromatic nitrogens is 2. The maximum atomic E-state index is 14.1. The summed E-state index contributed by atoms with van der Waals surface area (Å²) < 4.78 is 42.2. The van der Waals surface area contributed by atoms with Gasteiger partial charge in [-0.3, -0.25) is 0 Å². The summed E-state index contributed by atoms with van der Waals surface area (Å²) in [6.45, 7) is 0.414. The molecule has 0 radical (unpaired) electrons. The monoisotopic (exact) mass is 427 g/mol. The van der Waals surface area contributed by atoms with E-state index < -0.39 is 15.8 Å². The lowest BCUT2D eigenvalue weighted by molar-refractivity contribution is 0.327. The number of anilines is 4. The van der Waals surface area contributed by atoms with Gasteiger partial charge >= 0.3 is 0 Å². The molecule has 1 aromatic heterocycles. The normalized spacial score (nSPS) is 10.8. The van der Waals surface area contributed by atoms with E-state index in [9.17, 15) is 12.8 Å². The molecule has 3 rings (SSSR count). The van der Waals surface area contributed by atoms with Crippen LogP contribution in [0.25, 0.3) is 0 Å². The minimum atomic E-state index is -3.79. The van der Waals surface area contributed by atoms with E-state index in [-0.39, 0.29) is 16.7 Å². The molecule has 0 saturated heterocycles. The highest BCUT2D eigenvalue weighted by Crippen LogP contribution is 2.23. The predicted octanol–water partition coefficient (Wildman–Crippen LogP) is 3.15. The van der Waals surface area contributed by atoms with Gasteiger partial charge in [0.05, 0.1) is 17.7 Å². The fourth-order valence-electron chi connectivity index (χ4n) is 2.37. The number of primary sulfonamides is 1. The molecule has 1 heterocycles. The molecule has 0 spiro atoms. The van der Waals surface area contributed by atoms with Crippen LogP contribution in [-0.4, -0.2) is 25.0 Å².